The molecule has 2 aliphatic heterocycles. The zero-order valence-electron chi connectivity index (χ0n) is 27.6. The van der Waals surface area contributed by atoms with Gasteiger partial charge in [0.1, 0.15) is 11.2 Å². The molecule has 2 amide bonds. The lowest BCUT2D eigenvalue weighted by Crippen LogP contribution is -2.81. The third kappa shape index (κ3) is 3.60. The number of methoxy groups -OCH3 is 4. The van der Waals surface area contributed by atoms with Crippen molar-refractivity contribution >= 4 is 23.5 Å². The molecule has 0 aromatic heterocycles. The molecule has 3 N–H and O–H groups in total. The van der Waals surface area contributed by atoms with E-state index in [9.17, 15) is 24.6 Å². The molecule has 7 bridgehead atoms. The first-order valence-electron chi connectivity index (χ1n) is 16.9. The molecule has 5 saturated carbocycles. The summed E-state index contributed by atoms with van der Waals surface area (Å²) in [6, 6.07) is 6.01. The lowest BCUT2D eigenvalue weighted by atomic mass is 9.43. The number of hydrogen-bond acceptors (Lipinski definition) is 11. The molecule has 2 saturated heterocycles. The van der Waals surface area contributed by atoms with Gasteiger partial charge in [0.25, 0.3) is 0 Å². The number of nitrogens with one attached hydrogen (secondary N) is 1. The van der Waals surface area contributed by atoms with Crippen molar-refractivity contribution in [3.63, 3.8) is 0 Å². The number of amides is 2. The van der Waals surface area contributed by atoms with E-state index < -0.39 is 46.1 Å². The quantitative estimate of drug-likeness (QED) is 0.275. The fourth-order valence-corrected chi connectivity index (χ4v) is 12.5. The van der Waals surface area contributed by atoms with Crippen LogP contribution in [0.4, 0.5) is 5.69 Å². The van der Waals surface area contributed by atoms with Crippen LogP contribution in [-0.2, 0) is 33.3 Å². The smallest absolute Gasteiger partial charge is 0.340 e. The highest BCUT2D eigenvalue weighted by atomic mass is 16.5. The number of fused-ring (bicyclic) bond motifs is 2. The molecule has 1 spiro atoms. The Balaban J connectivity index is 1.20. The van der Waals surface area contributed by atoms with E-state index in [0.717, 1.165) is 11.3 Å². The number of ether oxygens (including phenoxy) is 5. The number of piperidine rings is 1. The van der Waals surface area contributed by atoms with Crippen LogP contribution in [-0.4, -0.2) is 111 Å². The Morgan fingerprint density at radius 1 is 1.06 bits per heavy atom. The summed E-state index contributed by atoms with van der Waals surface area (Å²) >= 11 is 0. The third-order valence-electron chi connectivity index (χ3n) is 13.9. The minimum absolute atomic E-state index is 0.0185. The first-order valence-corrected chi connectivity index (χ1v) is 16.9. The Bertz CT molecular complexity index is 1510. The van der Waals surface area contributed by atoms with Gasteiger partial charge >= 0.3 is 5.97 Å². The lowest BCUT2D eigenvalue weighted by molar-refractivity contribution is -0.301. The average Bonchev–Trinajstić information content (AvgIpc) is 3.58. The molecule has 12 heteroatoms. The highest BCUT2D eigenvalue weighted by Crippen LogP contribution is 2.79. The predicted octanol–water partition coefficient (Wildman–Crippen LogP) is 1.30. The number of anilines is 1. The van der Waals surface area contributed by atoms with Crippen LogP contribution in [0.5, 0.6) is 0 Å². The Morgan fingerprint density at radius 3 is 2.49 bits per heavy atom. The van der Waals surface area contributed by atoms with Crippen LogP contribution < -0.4 is 10.2 Å². The average molecular weight is 655 g/mol. The van der Waals surface area contributed by atoms with Crippen molar-refractivity contribution in [2.45, 2.75) is 80.7 Å². The molecule has 2 heterocycles. The maximum atomic E-state index is 13.9. The molecule has 12 nitrogen and oxygen atoms in total. The molecule has 47 heavy (non-hydrogen) atoms. The van der Waals surface area contributed by atoms with E-state index in [1.165, 1.54) is 0 Å². The van der Waals surface area contributed by atoms with Crippen molar-refractivity contribution in [1.82, 2.24) is 5.32 Å². The molecule has 7 fully saturated rings. The monoisotopic (exact) mass is 654 g/mol. The number of para-hydroxylation sites is 1. The number of carbonyl (C=O) groups excluding carboxylic acids is 3. The Labute approximate surface area is 274 Å². The molecular weight excluding hydrogens is 608 g/mol. The second kappa shape index (κ2) is 10.5. The van der Waals surface area contributed by atoms with Gasteiger partial charge in [0.15, 0.2) is 0 Å². The molecule has 1 aromatic carbocycles. The van der Waals surface area contributed by atoms with Gasteiger partial charge in [-0.1, -0.05) is 19.1 Å². The van der Waals surface area contributed by atoms with Crippen molar-refractivity contribution in [1.29, 1.82) is 0 Å². The minimum atomic E-state index is -1.71. The normalized spacial score (nSPS) is 49.0. The number of rotatable bonds is 8. The number of nitrogens with zero attached hydrogens (tertiary/aromatic N) is 1. The van der Waals surface area contributed by atoms with Gasteiger partial charge in [-0.3, -0.25) is 9.59 Å². The fraction of sp³-hybridized carbons (Fsp3) is 0.743. The molecule has 0 unspecified atom stereocenters. The molecule has 5 aliphatic carbocycles. The van der Waals surface area contributed by atoms with E-state index in [0.29, 0.717) is 19.4 Å². The van der Waals surface area contributed by atoms with E-state index in [2.05, 4.69) is 5.32 Å². The Kier molecular flexibility index (Phi) is 7.12. The maximum absolute atomic E-state index is 13.9. The Morgan fingerprint density at radius 2 is 1.83 bits per heavy atom. The number of aliphatic hydroxyl groups is 2. The maximum Gasteiger partial charge on any atom is 0.340 e. The molecule has 0 radical (unpaired) electrons. The molecule has 7 aliphatic rings. The van der Waals surface area contributed by atoms with E-state index in [-0.39, 0.29) is 84.5 Å². The fourth-order valence-electron chi connectivity index (χ4n) is 12.5. The molecule has 8 rings (SSSR count). The van der Waals surface area contributed by atoms with Gasteiger partial charge < -0.3 is 39.2 Å². The summed E-state index contributed by atoms with van der Waals surface area (Å²) in [4.78, 5) is 40.7. The van der Waals surface area contributed by atoms with Crippen LogP contribution in [0.2, 0.25) is 0 Å². The number of esters is 1. The standard InChI is InChI=1S/C35H46N2O10/c1-17-12-24(38)37(29(17)39)21-9-7-6-8-18(21)30(40)47-16-32-11-10-23(44-3)34-20-13-19-22(43-2)14-33(41,25(20)26(19)45-4)35(42,31(34)36-15-32)28(46-5)27(32)34/h6-9,17,19-20,22-23,25-28,31,36,41-42H,10-16H2,1-5H3/t17-,19+,20+,22-,23-,25+,26-,27+,28-,31-,32-,33+,34-,35+/m0/s1. The van der Waals surface area contributed by atoms with E-state index in [4.69, 9.17) is 23.7 Å². The first kappa shape index (κ1) is 31.8. The predicted molar refractivity (Wildman–Crippen MR) is 165 cm³/mol. The first-order chi connectivity index (χ1) is 22.5. The summed E-state index contributed by atoms with van der Waals surface area (Å²) in [5.41, 5.74) is -4.22. The van der Waals surface area contributed by atoms with Crippen LogP contribution >= 0.6 is 0 Å². The number of carbonyl (C=O) groups is 3. The van der Waals surface area contributed by atoms with Crippen LogP contribution in [0.15, 0.2) is 24.3 Å². The van der Waals surface area contributed by atoms with Crippen molar-refractivity contribution in [2.24, 2.45) is 40.4 Å². The summed E-state index contributed by atoms with van der Waals surface area (Å²) < 4.78 is 30.9. The SMILES string of the molecule is CO[C@H]1[C@@H]2C[C@@H]3[C@H]1[C@](O)(C[C@@H]2OC)[C@@]1(O)[C@@H](OC)[C@@H]2[C@@]4(COC(=O)c5ccccc5N5C(=O)C[C@H](C)C5=O)CC[C@H](OC)[C@@]32[C@@H]1NC4. The largest absolute Gasteiger partial charge is 0.461 e. The van der Waals surface area contributed by atoms with Gasteiger partial charge in [-0.15, -0.1) is 0 Å². The van der Waals surface area contributed by atoms with Gasteiger partial charge in [-0.05, 0) is 37.3 Å². The van der Waals surface area contributed by atoms with Crippen LogP contribution in [0.1, 0.15) is 49.4 Å². The van der Waals surface area contributed by atoms with Gasteiger partial charge in [0, 0.05) is 82.3 Å². The molecule has 1 aromatic rings. The lowest BCUT2D eigenvalue weighted by Gasteiger charge is -2.67. The van der Waals surface area contributed by atoms with Crippen LogP contribution in [0.3, 0.4) is 0 Å². The van der Waals surface area contributed by atoms with Crippen LogP contribution in [0.25, 0.3) is 0 Å². The van der Waals surface area contributed by atoms with E-state index in [1.807, 2.05) is 0 Å². The summed E-state index contributed by atoms with van der Waals surface area (Å²) in [6.45, 7) is 2.16. The molecule has 256 valence electrons. The van der Waals surface area contributed by atoms with Crippen LogP contribution in [0, 0.1) is 40.4 Å². The topological polar surface area (TPSA) is 153 Å². The minimum Gasteiger partial charge on any atom is -0.461 e. The van der Waals surface area contributed by atoms with Crippen molar-refractivity contribution in [3.8, 4) is 0 Å². The summed E-state index contributed by atoms with van der Waals surface area (Å²) in [7, 11) is 6.62. The van der Waals surface area contributed by atoms with Crippen molar-refractivity contribution in [2.75, 3.05) is 46.5 Å². The highest BCUT2D eigenvalue weighted by molar-refractivity contribution is 6.22. The van der Waals surface area contributed by atoms with Crippen molar-refractivity contribution in [3.05, 3.63) is 29.8 Å². The van der Waals surface area contributed by atoms with Gasteiger partial charge in [0.2, 0.25) is 11.8 Å². The van der Waals surface area contributed by atoms with Gasteiger partial charge in [-0.25, -0.2) is 9.69 Å². The second-order valence-corrected chi connectivity index (χ2v) is 15.3. The zero-order valence-corrected chi connectivity index (χ0v) is 27.6. The van der Waals surface area contributed by atoms with Gasteiger partial charge in [0.05, 0.1) is 48.3 Å². The zero-order chi connectivity index (χ0) is 33.3. The third-order valence-corrected chi connectivity index (χ3v) is 13.9. The molecular formula is C35H46N2O10. The van der Waals surface area contributed by atoms with Crippen molar-refractivity contribution < 1.29 is 48.3 Å². The highest BCUT2D eigenvalue weighted by Gasteiger charge is 2.90. The summed E-state index contributed by atoms with van der Waals surface area (Å²) in [5.74, 6) is -2.50. The Hall–Kier alpha value is -2.45. The second-order valence-electron chi connectivity index (χ2n) is 15.3. The number of imide groups is 1. The van der Waals surface area contributed by atoms with E-state index in [1.54, 1.807) is 59.6 Å². The number of benzene rings is 1. The summed E-state index contributed by atoms with van der Waals surface area (Å²) in [6.07, 6.45) is 0.753. The molecule has 14 atom stereocenters. The number of hydrogen-bond donors (Lipinski definition) is 3. The summed E-state index contributed by atoms with van der Waals surface area (Å²) in [5, 5.41) is 29.7. The van der Waals surface area contributed by atoms with E-state index >= 15 is 0 Å². The van der Waals surface area contributed by atoms with Gasteiger partial charge in [-0.2, -0.15) is 0 Å².